The van der Waals surface area contributed by atoms with E-state index in [1.165, 1.54) is 5.56 Å². The maximum Gasteiger partial charge on any atom is 0.0410 e. The summed E-state index contributed by atoms with van der Waals surface area (Å²) in [7, 11) is 0. The van der Waals surface area contributed by atoms with Crippen molar-refractivity contribution in [2.45, 2.75) is 25.9 Å². The quantitative estimate of drug-likeness (QED) is 0.654. The Bertz CT molecular complexity index is 594. The molecule has 0 atom stereocenters. The van der Waals surface area contributed by atoms with Gasteiger partial charge in [-0.05, 0) is 55.3 Å². The van der Waals surface area contributed by atoms with Crippen LogP contribution in [-0.4, -0.2) is 0 Å². The van der Waals surface area contributed by atoms with Gasteiger partial charge in [0, 0.05) is 26.1 Å². The molecule has 0 spiro atoms. The minimum Gasteiger partial charge on any atom is -0.304 e. The van der Waals surface area contributed by atoms with Gasteiger partial charge in [-0.15, -0.1) is 0 Å². The van der Waals surface area contributed by atoms with E-state index >= 15 is 0 Å². The molecule has 0 aliphatic carbocycles. The van der Waals surface area contributed by atoms with Crippen LogP contribution in [0.2, 0.25) is 5.02 Å². The third-order valence-electron chi connectivity index (χ3n) is 3.29. The second kappa shape index (κ2) is 6.61. The highest BCUT2D eigenvalue weighted by molar-refractivity contribution is 9.10. The molecule has 1 nitrogen and oxygen atoms in total. The van der Waals surface area contributed by atoms with Crippen LogP contribution in [0, 0.1) is 0 Å². The summed E-state index contributed by atoms with van der Waals surface area (Å²) in [4.78, 5) is 0. The predicted octanol–water partition coefficient (Wildman–Crippen LogP) is 5.89. The normalized spacial score (nSPS) is 11.7. The molecule has 2 rings (SSSR count). The zero-order chi connectivity index (χ0) is 14.8. The van der Waals surface area contributed by atoms with Crippen LogP contribution >= 0.6 is 43.5 Å². The van der Waals surface area contributed by atoms with Crippen LogP contribution in [0.5, 0.6) is 0 Å². The lowest BCUT2D eigenvalue weighted by atomic mass is 9.94. The highest BCUT2D eigenvalue weighted by atomic mass is 79.9. The van der Waals surface area contributed by atoms with E-state index in [9.17, 15) is 0 Å². The largest absolute Gasteiger partial charge is 0.304 e. The molecule has 0 radical (unpaired) electrons. The summed E-state index contributed by atoms with van der Waals surface area (Å²) in [6.45, 7) is 5.10. The first-order chi connectivity index (χ1) is 9.38. The second-order valence-electron chi connectivity index (χ2n) is 5.22. The Morgan fingerprint density at radius 2 is 1.70 bits per heavy atom. The third-order valence-corrected chi connectivity index (χ3v) is 4.83. The van der Waals surface area contributed by atoms with Gasteiger partial charge in [-0.2, -0.15) is 0 Å². The molecule has 0 saturated carbocycles. The van der Waals surface area contributed by atoms with Crippen molar-refractivity contribution in [3.8, 4) is 0 Å². The number of rotatable bonds is 4. The van der Waals surface area contributed by atoms with Crippen LogP contribution in [-0.2, 0) is 12.1 Å². The summed E-state index contributed by atoms with van der Waals surface area (Å²) in [5.41, 5.74) is 2.30. The van der Waals surface area contributed by atoms with Gasteiger partial charge in [0.1, 0.15) is 0 Å². The first kappa shape index (κ1) is 16.0. The first-order valence-electron chi connectivity index (χ1n) is 6.33. The molecule has 0 unspecified atom stereocenters. The first-order valence-corrected chi connectivity index (χ1v) is 8.30. The summed E-state index contributed by atoms with van der Waals surface area (Å²) >= 11 is 13.1. The SMILES string of the molecule is CC(C)(NCc1cc(Cl)ccc1Br)c1ccc(Br)cc1. The highest BCUT2D eigenvalue weighted by Gasteiger charge is 2.19. The lowest BCUT2D eigenvalue weighted by molar-refractivity contribution is 0.401. The van der Waals surface area contributed by atoms with Crippen LogP contribution < -0.4 is 5.32 Å². The third kappa shape index (κ3) is 4.08. The molecule has 0 bridgehead atoms. The van der Waals surface area contributed by atoms with E-state index in [1.54, 1.807) is 0 Å². The topological polar surface area (TPSA) is 12.0 Å². The van der Waals surface area contributed by atoms with Crippen LogP contribution in [0.3, 0.4) is 0 Å². The molecule has 0 aliphatic heterocycles. The fourth-order valence-electron chi connectivity index (χ4n) is 1.96. The molecule has 0 aliphatic rings. The van der Waals surface area contributed by atoms with Crippen molar-refractivity contribution in [3.05, 3.63) is 67.6 Å². The fourth-order valence-corrected chi connectivity index (χ4v) is 2.81. The monoisotopic (exact) mass is 415 g/mol. The van der Waals surface area contributed by atoms with Gasteiger partial charge >= 0.3 is 0 Å². The van der Waals surface area contributed by atoms with Gasteiger partial charge < -0.3 is 5.32 Å². The molecule has 0 amide bonds. The predicted molar refractivity (Wildman–Crippen MR) is 93.2 cm³/mol. The van der Waals surface area contributed by atoms with Crippen LogP contribution in [0.15, 0.2) is 51.4 Å². The molecule has 106 valence electrons. The van der Waals surface area contributed by atoms with E-state index in [-0.39, 0.29) is 5.54 Å². The molecule has 2 aromatic carbocycles. The van der Waals surface area contributed by atoms with Crippen molar-refractivity contribution < 1.29 is 0 Å². The lowest BCUT2D eigenvalue weighted by Gasteiger charge is -2.27. The van der Waals surface area contributed by atoms with Crippen molar-refractivity contribution in [3.63, 3.8) is 0 Å². The Hall–Kier alpha value is -0.350. The molecule has 0 fully saturated rings. The minimum absolute atomic E-state index is 0.109. The minimum atomic E-state index is -0.109. The van der Waals surface area contributed by atoms with Gasteiger partial charge in [0.05, 0.1) is 0 Å². The average molecular weight is 418 g/mol. The molecular formula is C16H16Br2ClN. The summed E-state index contributed by atoms with van der Waals surface area (Å²) in [6, 6.07) is 14.2. The Kier molecular flexibility index (Phi) is 5.30. The number of hydrogen-bond acceptors (Lipinski definition) is 1. The van der Waals surface area contributed by atoms with Crippen molar-refractivity contribution in [2.24, 2.45) is 0 Å². The Labute approximate surface area is 142 Å². The standard InChI is InChI=1S/C16H16Br2ClN/c1-16(2,12-3-5-13(17)6-4-12)20-10-11-9-14(19)7-8-15(11)18/h3-9,20H,10H2,1-2H3. The van der Waals surface area contributed by atoms with E-state index in [0.29, 0.717) is 0 Å². The Morgan fingerprint density at radius 3 is 2.35 bits per heavy atom. The molecule has 2 aromatic rings. The van der Waals surface area contributed by atoms with Crippen molar-refractivity contribution >= 4 is 43.5 Å². The fraction of sp³-hybridized carbons (Fsp3) is 0.250. The zero-order valence-electron chi connectivity index (χ0n) is 11.4. The number of hydrogen-bond donors (Lipinski definition) is 1. The summed E-state index contributed by atoms with van der Waals surface area (Å²) in [5, 5.41) is 4.33. The molecule has 0 heterocycles. The van der Waals surface area contributed by atoms with Crippen molar-refractivity contribution in [2.75, 3.05) is 0 Å². The summed E-state index contributed by atoms with van der Waals surface area (Å²) in [6.07, 6.45) is 0. The lowest BCUT2D eigenvalue weighted by Crippen LogP contribution is -2.36. The summed E-state index contributed by atoms with van der Waals surface area (Å²) < 4.78 is 2.16. The van der Waals surface area contributed by atoms with Gasteiger partial charge in [0.2, 0.25) is 0 Å². The number of nitrogens with one attached hydrogen (secondary N) is 1. The van der Waals surface area contributed by atoms with Gasteiger partial charge in [0.15, 0.2) is 0 Å². The Balaban J connectivity index is 2.12. The molecular weight excluding hydrogens is 401 g/mol. The van der Waals surface area contributed by atoms with Crippen molar-refractivity contribution in [1.29, 1.82) is 0 Å². The van der Waals surface area contributed by atoms with Gasteiger partial charge in [-0.1, -0.05) is 55.6 Å². The summed E-state index contributed by atoms with van der Waals surface area (Å²) in [5.74, 6) is 0. The van der Waals surface area contributed by atoms with E-state index in [2.05, 4.69) is 75.3 Å². The highest BCUT2D eigenvalue weighted by Crippen LogP contribution is 2.25. The maximum absolute atomic E-state index is 6.05. The van der Waals surface area contributed by atoms with Crippen LogP contribution in [0.4, 0.5) is 0 Å². The van der Waals surface area contributed by atoms with Gasteiger partial charge in [0.25, 0.3) is 0 Å². The number of benzene rings is 2. The van der Waals surface area contributed by atoms with Crippen LogP contribution in [0.25, 0.3) is 0 Å². The van der Waals surface area contributed by atoms with Gasteiger partial charge in [-0.3, -0.25) is 0 Å². The van der Waals surface area contributed by atoms with E-state index < -0.39 is 0 Å². The molecule has 0 saturated heterocycles. The smallest absolute Gasteiger partial charge is 0.0410 e. The van der Waals surface area contributed by atoms with E-state index in [1.807, 2.05) is 18.2 Å². The molecule has 4 heteroatoms. The maximum atomic E-state index is 6.05. The molecule has 20 heavy (non-hydrogen) atoms. The second-order valence-corrected chi connectivity index (χ2v) is 7.43. The van der Waals surface area contributed by atoms with E-state index in [0.717, 1.165) is 26.1 Å². The zero-order valence-corrected chi connectivity index (χ0v) is 15.3. The molecule has 0 aromatic heterocycles. The van der Waals surface area contributed by atoms with Crippen LogP contribution in [0.1, 0.15) is 25.0 Å². The number of halogens is 3. The Morgan fingerprint density at radius 1 is 1.05 bits per heavy atom. The van der Waals surface area contributed by atoms with Crippen molar-refractivity contribution in [1.82, 2.24) is 5.32 Å². The average Bonchev–Trinajstić information content (AvgIpc) is 2.40. The molecule has 1 N–H and O–H groups in total. The van der Waals surface area contributed by atoms with Gasteiger partial charge in [-0.25, -0.2) is 0 Å². The van der Waals surface area contributed by atoms with E-state index in [4.69, 9.17) is 11.6 Å².